The van der Waals surface area contributed by atoms with Crippen LogP contribution in [0, 0.1) is 6.92 Å². The van der Waals surface area contributed by atoms with E-state index in [1.54, 1.807) is 7.11 Å². The summed E-state index contributed by atoms with van der Waals surface area (Å²) in [5, 5.41) is 8.88. The van der Waals surface area contributed by atoms with Crippen molar-refractivity contribution >= 4 is 46.3 Å². The molecule has 2 heterocycles. The molecule has 0 unspecified atom stereocenters. The Hall–Kier alpha value is -2.78. The molecule has 2 fully saturated rings. The van der Waals surface area contributed by atoms with Gasteiger partial charge in [0.1, 0.15) is 19.0 Å². The number of amides is 1. The van der Waals surface area contributed by atoms with Crippen molar-refractivity contribution in [1.82, 2.24) is 15.5 Å². The molecular formula is C36H40Cl3N3O4. The molecule has 3 aliphatic rings. The number of nitrogens with zero attached hydrogens (tertiary/aromatic N) is 1. The van der Waals surface area contributed by atoms with Gasteiger partial charge in [-0.15, -0.1) is 0 Å². The van der Waals surface area contributed by atoms with Gasteiger partial charge in [-0.25, -0.2) is 0 Å². The third-order valence-corrected chi connectivity index (χ3v) is 9.70. The smallest absolute Gasteiger partial charge is 0.252 e. The van der Waals surface area contributed by atoms with Crippen LogP contribution in [0.4, 0.5) is 0 Å². The molecule has 0 aromatic heterocycles. The maximum Gasteiger partial charge on any atom is 0.252 e. The quantitative estimate of drug-likeness (QED) is 0.191. The van der Waals surface area contributed by atoms with Crippen molar-refractivity contribution in [2.75, 3.05) is 40.0 Å². The fourth-order valence-electron chi connectivity index (χ4n) is 6.33. The minimum atomic E-state index is -0.0618. The standard InChI is InChI=1S/C36H40Cl3N3O4/c1-22-15-31(38)35(32(39)16-22)46-14-13-45-28-8-4-24(5-9-28)29-18-26-19-40-20-33(41-26)34(29)36(43)42(27-6-7-27)21-25-17-23(11-12-44-2)3-10-30(25)37/h3-5,8-10,15-17,26-27,33,40-41H,6-7,11-14,18-21H2,1-2H3/t26-,33-/m1/s1. The summed E-state index contributed by atoms with van der Waals surface area (Å²) in [6.45, 7) is 5.26. The first-order valence-electron chi connectivity index (χ1n) is 15.9. The molecule has 2 aliphatic heterocycles. The number of aryl methyl sites for hydroxylation is 1. The van der Waals surface area contributed by atoms with Crippen molar-refractivity contribution in [3.8, 4) is 11.5 Å². The SMILES string of the molecule is COCCc1ccc(Cl)c(CN(C(=O)C2=C(c3ccc(OCCOc4c(Cl)cc(C)cc4Cl)cc3)C[C@@H]3CNC[C@H]2N3)C2CC2)c1. The molecule has 3 aromatic carbocycles. The minimum Gasteiger partial charge on any atom is -0.490 e. The summed E-state index contributed by atoms with van der Waals surface area (Å²) in [5.41, 5.74) is 6.08. The van der Waals surface area contributed by atoms with Gasteiger partial charge >= 0.3 is 0 Å². The van der Waals surface area contributed by atoms with E-state index in [9.17, 15) is 4.79 Å². The average molecular weight is 685 g/mol. The van der Waals surface area contributed by atoms with Crippen LogP contribution < -0.4 is 20.1 Å². The third-order valence-electron chi connectivity index (χ3n) is 8.77. The van der Waals surface area contributed by atoms with Crippen LogP contribution in [-0.2, 0) is 22.5 Å². The summed E-state index contributed by atoms with van der Waals surface area (Å²) in [6, 6.07) is 18.2. The highest BCUT2D eigenvalue weighted by molar-refractivity contribution is 6.37. The summed E-state index contributed by atoms with van der Waals surface area (Å²) in [5.74, 6) is 1.27. The highest BCUT2D eigenvalue weighted by Crippen LogP contribution is 2.38. The minimum absolute atomic E-state index is 0.0618. The Morgan fingerprint density at radius 2 is 1.65 bits per heavy atom. The topological polar surface area (TPSA) is 72.1 Å². The number of halogens is 3. The van der Waals surface area contributed by atoms with E-state index in [2.05, 4.69) is 28.8 Å². The van der Waals surface area contributed by atoms with Crippen molar-refractivity contribution < 1.29 is 19.0 Å². The van der Waals surface area contributed by atoms with E-state index < -0.39 is 0 Å². The number of piperazine rings is 1. The molecule has 1 amide bonds. The van der Waals surface area contributed by atoms with Gasteiger partial charge in [0.2, 0.25) is 0 Å². The first-order chi connectivity index (χ1) is 22.3. The summed E-state index contributed by atoms with van der Waals surface area (Å²) in [6.07, 6.45) is 3.58. The van der Waals surface area contributed by atoms with Gasteiger partial charge in [-0.2, -0.15) is 0 Å². The molecule has 0 spiro atoms. The lowest BCUT2D eigenvalue weighted by Gasteiger charge is -2.41. The first-order valence-corrected chi connectivity index (χ1v) is 17.0. The lowest BCUT2D eigenvalue weighted by atomic mass is 9.83. The Kier molecular flexibility index (Phi) is 10.8. The largest absolute Gasteiger partial charge is 0.490 e. The van der Waals surface area contributed by atoms with Crippen LogP contribution in [0.5, 0.6) is 11.5 Å². The van der Waals surface area contributed by atoms with Gasteiger partial charge < -0.3 is 29.7 Å². The first kappa shape index (κ1) is 33.1. The van der Waals surface area contributed by atoms with Gasteiger partial charge in [-0.05, 0) is 90.8 Å². The van der Waals surface area contributed by atoms with Gasteiger partial charge in [0, 0.05) is 49.4 Å². The number of carbonyl (C=O) groups is 1. The number of benzene rings is 3. The normalized spacial score (nSPS) is 19.2. The molecule has 7 nitrogen and oxygen atoms in total. The molecule has 46 heavy (non-hydrogen) atoms. The fourth-order valence-corrected chi connectivity index (χ4v) is 7.22. The van der Waals surface area contributed by atoms with E-state index >= 15 is 0 Å². The number of hydrogen-bond acceptors (Lipinski definition) is 6. The Labute approximate surface area is 286 Å². The van der Waals surface area contributed by atoms with E-state index in [0.717, 1.165) is 71.4 Å². The molecular weight excluding hydrogens is 645 g/mol. The van der Waals surface area contributed by atoms with E-state index in [4.69, 9.17) is 49.0 Å². The van der Waals surface area contributed by atoms with Crippen LogP contribution in [-0.4, -0.2) is 69.0 Å². The Morgan fingerprint density at radius 3 is 2.37 bits per heavy atom. The number of carbonyl (C=O) groups excluding carboxylic acids is 1. The number of hydrogen-bond donors (Lipinski definition) is 2. The summed E-state index contributed by atoms with van der Waals surface area (Å²) < 4.78 is 17.0. The monoisotopic (exact) mass is 683 g/mol. The van der Waals surface area contributed by atoms with Crippen molar-refractivity contribution in [1.29, 1.82) is 0 Å². The molecule has 1 saturated heterocycles. The van der Waals surface area contributed by atoms with Gasteiger partial charge in [0.25, 0.3) is 5.91 Å². The zero-order valence-corrected chi connectivity index (χ0v) is 28.5. The van der Waals surface area contributed by atoms with Crippen molar-refractivity contribution in [2.24, 2.45) is 0 Å². The molecule has 3 aromatic rings. The lowest BCUT2D eigenvalue weighted by Crippen LogP contribution is -2.60. The Bertz CT molecular complexity index is 1570. The maximum absolute atomic E-state index is 14.5. The molecule has 244 valence electrons. The highest BCUT2D eigenvalue weighted by Gasteiger charge is 2.41. The predicted octanol–water partition coefficient (Wildman–Crippen LogP) is 6.88. The van der Waals surface area contributed by atoms with Crippen LogP contribution >= 0.6 is 34.8 Å². The van der Waals surface area contributed by atoms with E-state index in [-0.39, 0.29) is 24.0 Å². The van der Waals surface area contributed by atoms with Gasteiger partial charge in [0.05, 0.1) is 22.7 Å². The molecule has 1 aliphatic carbocycles. The van der Waals surface area contributed by atoms with Crippen molar-refractivity contribution in [2.45, 2.75) is 57.3 Å². The molecule has 0 radical (unpaired) electrons. The molecule has 1 saturated carbocycles. The van der Waals surface area contributed by atoms with Crippen LogP contribution in [0.25, 0.3) is 5.57 Å². The van der Waals surface area contributed by atoms with Crippen LogP contribution in [0.3, 0.4) is 0 Å². The zero-order valence-electron chi connectivity index (χ0n) is 26.2. The van der Waals surface area contributed by atoms with Crippen molar-refractivity contribution in [3.05, 3.63) is 97.5 Å². The average Bonchev–Trinajstić information content (AvgIpc) is 3.88. The third kappa shape index (κ3) is 7.84. The lowest BCUT2D eigenvalue weighted by molar-refractivity contribution is -0.128. The van der Waals surface area contributed by atoms with Crippen molar-refractivity contribution in [3.63, 3.8) is 0 Å². The van der Waals surface area contributed by atoms with E-state index in [1.165, 1.54) is 0 Å². The molecule has 2 atom stereocenters. The molecule has 2 bridgehead atoms. The second-order valence-corrected chi connectivity index (χ2v) is 13.5. The van der Waals surface area contributed by atoms with Crippen LogP contribution in [0.15, 0.2) is 60.2 Å². The predicted molar refractivity (Wildman–Crippen MR) is 184 cm³/mol. The van der Waals surface area contributed by atoms with Gasteiger partial charge in [0.15, 0.2) is 5.75 Å². The van der Waals surface area contributed by atoms with E-state index in [1.807, 2.05) is 48.2 Å². The molecule has 10 heteroatoms. The molecule has 6 rings (SSSR count). The number of fused-ring (bicyclic) bond motifs is 2. The second kappa shape index (κ2) is 15.0. The van der Waals surface area contributed by atoms with Gasteiger partial charge in [-0.1, -0.05) is 59.1 Å². The second-order valence-electron chi connectivity index (χ2n) is 12.3. The van der Waals surface area contributed by atoms with Crippen LogP contribution in [0.1, 0.15) is 41.5 Å². The van der Waals surface area contributed by atoms with Crippen LogP contribution in [0.2, 0.25) is 15.1 Å². The summed E-state index contributed by atoms with van der Waals surface area (Å²) in [4.78, 5) is 16.6. The maximum atomic E-state index is 14.5. The highest BCUT2D eigenvalue weighted by atomic mass is 35.5. The van der Waals surface area contributed by atoms with Gasteiger partial charge in [-0.3, -0.25) is 4.79 Å². The Balaban J connectivity index is 1.19. The fraction of sp³-hybridized carbons (Fsp3) is 0.417. The number of nitrogens with one attached hydrogen (secondary N) is 2. The molecule has 2 N–H and O–H groups in total. The summed E-state index contributed by atoms with van der Waals surface area (Å²) in [7, 11) is 1.70. The number of rotatable bonds is 13. The number of methoxy groups -OCH3 is 1. The van der Waals surface area contributed by atoms with E-state index in [0.29, 0.717) is 53.7 Å². The zero-order chi connectivity index (χ0) is 32.2. The Morgan fingerprint density at radius 1 is 0.913 bits per heavy atom. The summed E-state index contributed by atoms with van der Waals surface area (Å²) >= 11 is 19.3. The number of ether oxygens (including phenoxy) is 3.